The van der Waals surface area contributed by atoms with Gasteiger partial charge in [-0.15, -0.1) is 0 Å². The van der Waals surface area contributed by atoms with Crippen LogP contribution < -0.4 is 5.46 Å². The minimum atomic E-state index is -0.903. The number of rotatable bonds is 7. The predicted octanol–water partition coefficient (Wildman–Crippen LogP) is 3.01. The Kier molecular flexibility index (Phi) is 6.45. The molecule has 1 aromatic rings. The average Bonchev–Trinajstić information content (AvgIpc) is 2.33. The van der Waals surface area contributed by atoms with Gasteiger partial charge in [0, 0.05) is 18.7 Å². The van der Waals surface area contributed by atoms with E-state index in [0.717, 1.165) is 6.07 Å². The van der Waals surface area contributed by atoms with E-state index >= 15 is 0 Å². The van der Waals surface area contributed by atoms with Gasteiger partial charge in [0.15, 0.2) is 11.6 Å². The summed E-state index contributed by atoms with van der Waals surface area (Å²) in [5.41, 5.74) is 0.112. The first-order valence-electron chi connectivity index (χ1n) is 6.59. The molecule has 106 valence electrons. The zero-order valence-corrected chi connectivity index (χ0v) is 12.0. The van der Waals surface area contributed by atoms with E-state index in [9.17, 15) is 8.78 Å². The standard InChI is InChI=1S/C14H21BF2O2/c1-10(2)8-18-15(19-9-11(3)4)12-6-5-7-13(16)14(12)17/h5-7,10-11H,8-9H2,1-4H3. The first kappa shape index (κ1) is 16.1. The molecule has 0 saturated heterocycles. The lowest BCUT2D eigenvalue weighted by Gasteiger charge is -2.18. The number of hydrogen-bond acceptors (Lipinski definition) is 2. The Balaban J connectivity index is 2.84. The average molecular weight is 270 g/mol. The van der Waals surface area contributed by atoms with E-state index in [4.69, 9.17) is 9.31 Å². The summed E-state index contributed by atoms with van der Waals surface area (Å²) in [5.74, 6) is -1.20. The minimum Gasteiger partial charge on any atom is -0.407 e. The van der Waals surface area contributed by atoms with Gasteiger partial charge in [-0.2, -0.15) is 0 Å². The lowest BCUT2D eigenvalue weighted by atomic mass is 9.78. The van der Waals surface area contributed by atoms with Crippen LogP contribution in [0.15, 0.2) is 18.2 Å². The van der Waals surface area contributed by atoms with Crippen LogP contribution in [0.25, 0.3) is 0 Å². The van der Waals surface area contributed by atoms with Gasteiger partial charge in [0.2, 0.25) is 0 Å². The molecule has 0 fully saturated rings. The van der Waals surface area contributed by atoms with E-state index in [1.165, 1.54) is 12.1 Å². The molecule has 0 aromatic heterocycles. The zero-order chi connectivity index (χ0) is 14.4. The fourth-order valence-corrected chi connectivity index (χ4v) is 1.49. The summed E-state index contributed by atoms with van der Waals surface area (Å²) in [7, 11) is -0.861. The lowest BCUT2D eigenvalue weighted by Crippen LogP contribution is -2.41. The first-order chi connectivity index (χ1) is 8.91. The summed E-state index contributed by atoms with van der Waals surface area (Å²) >= 11 is 0. The SMILES string of the molecule is CC(C)COB(OCC(C)C)c1cccc(F)c1F. The first-order valence-corrected chi connectivity index (χ1v) is 6.59. The molecule has 0 amide bonds. The third-order valence-corrected chi connectivity index (χ3v) is 2.40. The van der Waals surface area contributed by atoms with Crippen LogP contribution in [0, 0.1) is 23.5 Å². The van der Waals surface area contributed by atoms with Crippen molar-refractivity contribution in [2.45, 2.75) is 27.7 Å². The Bertz CT molecular complexity index is 385. The van der Waals surface area contributed by atoms with Gasteiger partial charge in [0.25, 0.3) is 0 Å². The normalized spacial score (nSPS) is 11.4. The predicted molar refractivity (Wildman–Crippen MR) is 73.3 cm³/mol. The van der Waals surface area contributed by atoms with Gasteiger partial charge < -0.3 is 9.31 Å². The maximum Gasteiger partial charge on any atom is 0.497 e. The van der Waals surface area contributed by atoms with E-state index in [1.54, 1.807) is 0 Å². The molecule has 0 N–H and O–H groups in total. The van der Waals surface area contributed by atoms with Gasteiger partial charge in [-0.25, -0.2) is 8.78 Å². The molecule has 0 saturated carbocycles. The molecule has 0 radical (unpaired) electrons. The Morgan fingerprint density at radius 2 is 1.53 bits per heavy atom. The maximum atomic E-state index is 13.8. The summed E-state index contributed by atoms with van der Waals surface area (Å²) < 4.78 is 38.1. The van der Waals surface area contributed by atoms with Crippen molar-refractivity contribution >= 4 is 12.6 Å². The molecule has 0 aliphatic heterocycles. The molecule has 0 heterocycles. The van der Waals surface area contributed by atoms with E-state index in [2.05, 4.69) is 0 Å². The third kappa shape index (κ3) is 5.29. The molecule has 0 unspecified atom stereocenters. The molecule has 0 bridgehead atoms. The van der Waals surface area contributed by atoms with Crippen molar-refractivity contribution in [2.75, 3.05) is 13.2 Å². The van der Waals surface area contributed by atoms with Gasteiger partial charge in [-0.05, 0) is 17.9 Å². The second kappa shape index (κ2) is 7.60. The lowest BCUT2D eigenvalue weighted by molar-refractivity contribution is 0.172. The van der Waals surface area contributed by atoms with Crippen molar-refractivity contribution in [3.63, 3.8) is 0 Å². The molecule has 19 heavy (non-hydrogen) atoms. The van der Waals surface area contributed by atoms with E-state index in [0.29, 0.717) is 25.0 Å². The highest BCUT2D eigenvalue weighted by Gasteiger charge is 2.27. The molecular weight excluding hydrogens is 249 g/mol. The Hall–Kier alpha value is -0.935. The van der Waals surface area contributed by atoms with Gasteiger partial charge in [0.1, 0.15) is 0 Å². The number of benzene rings is 1. The highest BCUT2D eigenvalue weighted by atomic mass is 19.2. The van der Waals surface area contributed by atoms with Crippen molar-refractivity contribution in [3.8, 4) is 0 Å². The van der Waals surface area contributed by atoms with Crippen molar-refractivity contribution < 1.29 is 18.1 Å². The summed E-state index contributed by atoms with van der Waals surface area (Å²) in [5, 5.41) is 0. The summed E-state index contributed by atoms with van der Waals surface area (Å²) in [6.45, 7) is 8.81. The van der Waals surface area contributed by atoms with Crippen LogP contribution in [0.1, 0.15) is 27.7 Å². The molecule has 5 heteroatoms. The monoisotopic (exact) mass is 270 g/mol. The molecule has 0 spiro atoms. The summed E-state index contributed by atoms with van der Waals surface area (Å²) in [6, 6.07) is 4.03. The van der Waals surface area contributed by atoms with Crippen LogP contribution >= 0.6 is 0 Å². The van der Waals surface area contributed by atoms with Crippen LogP contribution in [0.4, 0.5) is 8.78 Å². The van der Waals surface area contributed by atoms with Gasteiger partial charge in [-0.3, -0.25) is 0 Å². The van der Waals surface area contributed by atoms with Crippen LogP contribution in [0.2, 0.25) is 0 Å². The minimum absolute atomic E-state index is 0.112. The molecule has 2 nitrogen and oxygen atoms in total. The van der Waals surface area contributed by atoms with Crippen LogP contribution in [0.5, 0.6) is 0 Å². The molecule has 0 atom stereocenters. The second-order valence-electron chi connectivity index (χ2n) is 5.43. The Morgan fingerprint density at radius 1 is 1.00 bits per heavy atom. The molecule has 1 aromatic carbocycles. The Morgan fingerprint density at radius 3 is 2.00 bits per heavy atom. The van der Waals surface area contributed by atoms with E-state index < -0.39 is 18.8 Å². The smallest absolute Gasteiger partial charge is 0.407 e. The molecule has 0 aliphatic carbocycles. The quantitative estimate of drug-likeness (QED) is 0.709. The van der Waals surface area contributed by atoms with Crippen molar-refractivity contribution in [3.05, 3.63) is 29.8 Å². The fraction of sp³-hybridized carbons (Fsp3) is 0.571. The zero-order valence-electron chi connectivity index (χ0n) is 12.0. The van der Waals surface area contributed by atoms with Gasteiger partial charge in [0.05, 0.1) is 0 Å². The van der Waals surface area contributed by atoms with E-state index in [1.807, 2.05) is 27.7 Å². The maximum absolute atomic E-state index is 13.8. The highest BCUT2D eigenvalue weighted by molar-refractivity contribution is 6.61. The Labute approximate surface area is 114 Å². The topological polar surface area (TPSA) is 18.5 Å². The van der Waals surface area contributed by atoms with Crippen LogP contribution in [-0.4, -0.2) is 20.3 Å². The van der Waals surface area contributed by atoms with Crippen molar-refractivity contribution in [1.82, 2.24) is 0 Å². The van der Waals surface area contributed by atoms with Crippen molar-refractivity contribution in [2.24, 2.45) is 11.8 Å². The number of hydrogen-bond donors (Lipinski definition) is 0. The van der Waals surface area contributed by atoms with Gasteiger partial charge in [-0.1, -0.05) is 39.8 Å². The number of halogens is 2. The summed E-state index contributed by atoms with van der Waals surface area (Å²) in [6.07, 6.45) is 0. The van der Waals surface area contributed by atoms with Crippen LogP contribution in [-0.2, 0) is 9.31 Å². The fourth-order valence-electron chi connectivity index (χ4n) is 1.49. The molecule has 0 aliphatic rings. The van der Waals surface area contributed by atoms with Crippen LogP contribution in [0.3, 0.4) is 0 Å². The molecular formula is C14H21BF2O2. The molecule has 1 rings (SSSR count). The van der Waals surface area contributed by atoms with Crippen molar-refractivity contribution in [1.29, 1.82) is 0 Å². The summed E-state index contributed by atoms with van der Waals surface area (Å²) in [4.78, 5) is 0. The largest absolute Gasteiger partial charge is 0.497 e. The third-order valence-electron chi connectivity index (χ3n) is 2.40. The van der Waals surface area contributed by atoms with Gasteiger partial charge >= 0.3 is 7.12 Å². The highest BCUT2D eigenvalue weighted by Crippen LogP contribution is 2.07. The van der Waals surface area contributed by atoms with E-state index in [-0.39, 0.29) is 5.46 Å². The second-order valence-corrected chi connectivity index (χ2v) is 5.43.